The number of nitrogens with zero attached hydrogens (tertiary/aromatic N) is 6. The number of benzene rings is 3. The average Bonchev–Trinajstić information content (AvgIpc) is 2.89. The van der Waals surface area contributed by atoms with Crippen molar-refractivity contribution in [3.05, 3.63) is 113 Å². The van der Waals surface area contributed by atoms with E-state index in [-0.39, 0.29) is 17.5 Å². The van der Waals surface area contributed by atoms with E-state index in [0.717, 1.165) is 22.3 Å². The van der Waals surface area contributed by atoms with Crippen LogP contribution in [0.2, 0.25) is 0 Å². The first-order valence-corrected chi connectivity index (χ1v) is 11.7. The van der Waals surface area contributed by atoms with Crippen molar-refractivity contribution in [2.75, 3.05) is 5.32 Å². The summed E-state index contributed by atoms with van der Waals surface area (Å²) in [6.07, 6.45) is 0. The molecule has 0 amide bonds. The number of fused-ring (bicyclic) bond motifs is 1. The number of carbonyl (C=O) groups is 1. The Balaban J connectivity index is 1.52. The Labute approximate surface area is 219 Å². The quantitative estimate of drug-likeness (QED) is 0.362. The number of nitrogens with one attached hydrogen (secondary N) is 1. The van der Waals surface area contributed by atoms with Gasteiger partial charge in [-0.1, -0.05) is 66.2 Å². The van der Waals surface area contributed by atoms with Crippen molar-refractivity contribution in [3.8, 4) is 0 Å². The molecule has 4 N–H and O–H groups in total. The molecule has 0 aromatic heterocycles. The second-order valence-electron chi connectivity index (χ2n) is 8.68. The van der Waals surface area contributed by atoms with Gasteiger partial charge in [0.25, 0.3) is 0 Å². The maximum Gasteiger partial charge on any atom is 0.335 e. The Morgan fingerprint density at radius 1 is 0.842 bits per heavy atom. The molecule has 188 valence electrons. The van der Waals surface area contributed by atoms with E-state index in [9.17, 15) is 4.79 Å². The second kappa shape index (κ2) is 9.94. The van der Waals surface area contributed by atoms with E-state index in [1.807, 2.05) is 62.4 Å². The highest BCUT2D eigenvalue weighted by Gasteiger charge is 2.30. The fourth-order valence-electron chi connectivity index (χ4n) is 3.72. The number of guanidine groups is 3. The van der Waals surface area contributed by atoms with Crippen LogP contribution in [0, 0.1) is 13.8 Å². The van der Waals surface area contributed by atoms with Gasteiger partial charge >= 0.3 is 5.97 Å². The van der Waals surface area contributed by atoms with E-state index >= 15 is 0 Å². The third-order valence-corrected chi connectivity index (χ3v) is 5.76. The molecule has 2 aliphatic rings. The van der Waals surface area contributed by atoms with Gasteiger partial charge in [0.1, 0.15) is 5.82 Å². The minimum Gasteiger partial charge on any atom is -0.478 e. The van der Waals surface area contributed by atoms with Crippen molar-refractivity contribution in [1.82, 2.24) is 4.90 Å². The molecule has 3 aromatic rings. The molecule has 0 aliphatic carbocycles. The summed E-state index contributed by atoms with van der Waals surface area (Å²) in [5.41, 5.74) is 10.8. The lowest BCUT2D eigenvalue weighted by molar-refractivity contribution is 0.0697. The summed E-state index contributed by atoms with van der Waals surface area (Å²) in [6, 6.07) is 21.8. The number of carboxylic acids is 1. The predicted molar refractivity (Wildman–Crippen MR) is 150 cm³/mol. The van der Waals surface area contributed by atoms with Gasteiger partial charge in [-0.2, -0.15) is 20.0 Å². The van der Waals surface area contributed by atoms with Crippen LogP contribution in [-0.2, 0) is 0 Å². The first-order valence-electron chi connectivity index (χ1n) is 11.7. The maximum absolute atomic E-state index is 11.1. The Bertz CT molecular complexity index is 1580. The number of hydrogen-bond donors (Lipinski definition) is 3. The standard InChI is InChI=1S/C28H24N8O2/c1-16-4-8-19(9-5-16)23-30-18(3)36-27(32-23)33-24(20-10-6-17(2)7-11-20)34-28(36)35-26(29)31-22-14-12-21(13-15-22)25(37)38/h4-15H,3H2,1-2H3,(H,37,38)(H3,29,30,31,32,33,34,35). The number of aromatic carboxylic acids is 1. The normalized spacial score (nSPS) is 15.2. The fourth-order valence-corrected chi connectivity index (χ4v) is 3.72. The highest BCUT2D eigenvalue weighted by Crippen LogP contribution is 2.23. The van der Waals surface area contributed by atoms with Gasteiger partial charge in [-0.3, -0.25) is 0 Å². The van der Waals surface area contributed by atoms with Crippen LogP contribution in [-0.4, -0.2) is 45.5 Å². The summed E-state index contributed by atoms with van der Waals surface area (Å²) >= 11 is 0. The van der Waals surface area contributed by atoms with Crippen molar-refractivity contribution in [2.45, 2.75) is 13.8 Å². The van der Waals surface area contributed by atoms with Crippen molar-refractivity contribution >= 4 is 41.2 Å². The third-order valence-electron chi connectivity index (χ3n) is 5.76. The van der Waals surface area contributed by atoms with Crippen molar-refractivity contribution in [3.63, 3.8) is 0 Å². The number of aliphatic imine (C=N–C) groups is 5. The Hall–Kier alpha value is -5.38. The number of nitrogens with two attached hydrogens (primary N) is 1. The van der Waals surface area contributed by atoms with E-state index in [1.54, 1.807) is 12.1 Å². The molecule has 2 heterocycles. The minimum atomic E-state index is -1.02. The number of carboxylic acid groups (broad SMARTS) is 1. The molecule has 38 heavy (non-hydrogen) atoms. The average molecular weight is 505 g/mol. The molecule has 0 unspecified atom stereocenters. The molecule has 0 atom stereocenters. The zero-order valence-electron chi connectivity index (χ0n) is 20.8. The minimum absolute atomic E-state index is 0.0254. The lowest BCUT2D eigenvalue weighted by Crippen LogP contribution is -2.41. The maximum atomic E-state index is 11.1. The van der Waals surface area contributed by atoms with Gasteiger partial charge < -0.3 is 16.2 Å². The molecule has 0 radical (unpaired) electrons. The van der Waals surface area contributed by atoms with Gasteiger partial charge in [0, 0.05) is 16.8 Å². The highest BCUT2D eigenvalue weighted by atomic mass is 16.4. The molecule has 10 nitrogen and oxygen atoms in total. The molecule has 0 spiro atoms. The van der Waals surface area contributed by atoms with Gasteiger partial charge in [-0.05, 0) is 38.1 Å². The summed E-state index contributed by atoms with van der Waals surface area (Å²) in [4.78, 5) is 35.7. The summed E-state index contributed by atoms with van der Waals surface area (Å²) in [7, 11) is 0. The zero-order chi connectivity index (χ0) is 26.8. The van der Waals surface area contributed by atoms with Gasteiger partial charge in [-0.15, -0.1) is 0 Å². The molecule has 10 heteroatoms. The van der Waals surface area contributed by atoms with Gasteiger partial charge in [0.05, 0.1) is 5.56 Å². The second-order valence-corrected chi connectivity index (χ2v) is 8.68. The van der Waals surface area contributed by atoms with E-state index in [0.29, 0.717) is 29.1 Å². The van der Waals surface area contributed by atoms with Crippen molar-refractivity contribution in [2.24, 2.45) is 30.7 Å². The van der Waals surface area contributed by atoms with Crippen molar-refractivity contribution < 1.29 is 9.90 Å². The molecule has 0 bridgehead atoms. The van der Waals surface area contributed by atoms with Crippen LogP contribution in [0.15, 0.2) is 110 Å². The van der Waals surface area contributed by atoms with Crippen LogP contribution < -0.4 is 11.1 Å². The summed E-state index contributed by atoms with van der Waals surface area (Å²) in [5.74, 6) is 0.717. The molecule has 5 rings (SSSR count). The van der Waals surface area contributed by atoms with Crippen LogP contribution in [0.4, 0.5) is 5.69 Å². The van der Waals surface area contributed by atoms with E-state index in [2.05, 4.69) is 26.9 Å². The lowest BCUT2D eigenvalue weighted by atomic mass is 10.1. The lowest BCUT2D eigenvalue weighted by Gasteiger charge is -2.28. The largest absolute Gasteiger partial charge is 0.478 e. The molecule has 3 aromatic carbocycles. The summed E-state index contributed by atoms with van der Waals surface area (Å²) in [6.45, 7) is 8.10. The highest BCUT2D eigenvalue weighted by molar-refractivity contribution is 6.23. The number of amidine groups is 2. The molecule has 0 saturated carbocycles. The Kier molecular flexibility index (Phi) is 6.36. The van der Waals surface area contributed by atoms with Crippen LogP contribution in [0.25, 0.3) is 0 Å². The number of anilines is 1. The van der Waals surface area contributed by atoms with Crippen molar-refractivity contribution in [1.29, 1.82) is 0 Å². The number of rotatable bonds is 4. The van der Waals surface area contributed by atoms with Gasteiger partial charge in [-0.25, -0.2) is 14.7 Å². The van der Waals surface area contributed by atoms with Crippen LogP contribution in [0.3, 0.4) is 0 Å². The monoisotopic (exact) mass is 504 g/mol. The Morgan fingerprint density at radius 2 is 1.39 bits per heavy atom. The number of aryl methyl sites for hydroxylation is 2. The number of hydrogen-bond acceptors (Lipinski definition) is 7. The smallest absolute Gasteiger partial charge is 0.335 e. The molecule has 0 saturated heterocycles. The van der Waals surface area contributed by atoms with E-state index in [1.165, 1.54) is 17.0 Å². The van der Waals surface area contributed by atoms with Gasteiger partial charge in [0.15, 0.2) is 11.7 Å². The summed E-state index contributed by atoms with van der Waals surface area (Å²) < 4.78 is 0. The molecular formula is C28H24N8O2. The van der Waals surface area contributed by atoms with Crippen LogP contribution >= 0.6 is 0 Å². The molecule has 2 aliphatic heterocycles. The van der Waals surface area contributed by atoms with Crippen LogP contribution in [0.5, 0.6) is 0 Å². The van der Waals surface area contributed by atoms with Gasteiger partial charge in [0.2, 0.25) is 17.9 Å². The first kappa shape index (κ1) is 24.3. The predicted octanol–water partition coefficient (Wildman–Crippen LogP) is 4.13. The zero-order valence-corrected chi connectivity index (χ0v) is 20.8. The fraction of sp³-hybridized carbons (Fsp3) is 0.0714. The SMILES string of the molecule is C=C1N=C(c2ccc(C)cc2)N=C2N=C(c3ccc(C)cc3)N=C(/N=C(\N)Nc3ccc(C(=O)O)cc3)N12. The third kappa shape index (κ3) is 5.09. The van der Waals surface area contributed by atoms with E-state index < -0.39 is 5.97 Å². The van der Waals surface area contributed by atoms with Crippen LogP contribution in [0.1, 0.15) is 32.6 Å². The topological polar surface area (TPSA) is 140 Å². The first-order chi connectivity index (χ1) is 18.3. The molecular weight excluding hydrogens is 480 g/mol. The summed E-state index contributed by atoms with van der Waals surface area (Å²) in [5, 5.41) is 12.1. The molecule has 0 fully saturated rings. The Morgan fingerprint density at radius 3 is 1.95 bits per heavy atom. The van der Waals surface area contributed by atoms with E-state index in [4.69, 9.17) is 20.8 Å².